The number of nitrogens with zero attached hydrogens (tertiary/aromatic N) is 1. The average molecular weight is 362 g/mol. The van der Waals surface area contributed by atoms with Crippen LogP contribution in [0.4, 0.5) is 8.78 Å². The quantitative estimate of drug-likeness (QED) is 0.754. The van der Waals surface area contributed by atoms with E-state index in [0.29, 0.717) is 19.7 Å². The van der Waals surface area contributed by atoms with Crippen LogP contribution < -0.4 is 0 Å². The molecule has 0 radical (unpaired) electrons. The Morgan fingerprint density at radius 1 is 1.33 bits per heavy atom. The fourth-order valence-electron chi connectivity index (χ4n) is 2.42. The number of likely N-dealkylation sites (tertiary alicyclic amines) is 1. The molecule has 2 rings (SSSR count). The Morgan fingerprint density at radius 2 is 2.05 bits per heavy atom. The van der Waals surface area contributed by atoms with Crippen LogP contribution in [0.5, 0.6) is 0 Å². The average Bonchev–Trinajstić information content (AvgIpc) is 2.48. The topological polar surface area (TPSA) is 29.5 Å². The summed E-state index contributed by atoms with van der Waals surface area (Å²) in [5.41, 5.74) is 0.235. The first-order valence-electron chi connectivity index (χ1n) is 6.99. The summed E-state index contributed by atoms with van der Waals surface area (Å²) in [5, 5.41) is 0.802. The molecule has 1 aromatic rings. The molecule has 1 fully saturated rings. The molecule has 0 aromatic heterocycles. The molecule has 21 heavy (non-hydrogen) atoms. The number of alkyl halides is 1. The van der Waals surface area contributed by atoms with Crippen molar-refractivity contribution < 1.29 is 18.3 Å². The zero-order valence-electron chi connectivity index (χ0n) is 11.7. The summed E-state index contributed by atoms with van der Waals surface area (Å²) < 4.78 is 32.0. The molecule has 0 unspecified atom stereocenters. The summed E-state index contributed by atoms with van der Waals surface area (Å²) in [6.45, 7) is 1.91. The maximum absolute atomic E-state index is 13.5. The lowest BCUT2D eigenvalue weighted by Gasteiger charge is -2.32. The summed E-state index contributed by atoms with van der Waals surface area (Å²) in [6.07, 6.45) is 1.75. The number of carbonyl (C=O) groups excluding carboxylic acids is 1. The van der Waals surface area contributed by atoms with Gasteiger partial charge in [0.1, 0.15) is 11.6 Å². The SMILES string of the molecule is O=C(Cc1ccc(F)cc1F)N1CCC(OCCBr)CC1. The minimum atomic E-state index is -0.668. The number of rotatable bonds is 5. The van der Waals surface area contributed by atoms with Crippen molar-refractivity contribution in [1.29, 1.82) is 0 Å². The van der Waals surface area contributed by atoms with Gasteiger partial charge in [-0.25, -0.2) is 8.78 Å². The van der Waals surface area contributed by atoms with E-state index in [4.69, 9.17) is 4.74 Å². The first kappa shape index (κ1) is 16.4. The molecule has 1 aliphatic rings. The number of ether oxygens (including phenoxy) is 1. The monoisotopic (exact) mass is 361 g/mol. The molecule has 1 heterocycles. The Labute approximate surface area is 131 Å². The standard InChI is InChI=1S/C15H18BrF2NO2/c16-5-8-21-13-3-6-19(7-4-13)15(20)9-11-1-2-12(17)10-14(11)18/h1-2,10,13H,3-9H2. The van der Waals surface area contributed by atoms with Gasteiger partial charge < -0.3 is 9.64 Å². The molecule has 0 aliphatic carbocycles. The van der Waals surface area contributed by atoms with Gasteiger partial charge in [-0.15, -0.1) is 0 Å². The third kappa shape index (κ3) is 4.74. The van der Waals surface area contributed by atoms with Crippen LogP contribution in [0.2, 0.25) is 0 Å². The fourth-order valence-corrected chi connectivity index (χ4v) is 2.61. The van der Waals surface area contributed by atoms with E-state index in [-0.39, 0.29) is 24.0 Å². The van der Waals surface area contributed by atoms with Crippen molar-refractivity contribution in [2.24, 2.45) is 0 Å². The zero-order valence-corrected chi connectivity index (χ0v) is 13.2. The number of carbonyl (C=O) groups is 1. The van der Waals surface area contributed by atoms with E-state index in [0.717, 1.165) is 24.2 Å². The van der Waals surface area contributed by atoms with E-state index in [2.05, 4.69) is 15.9 Å². The minimum absolute atomic E-state index is 0.0287. The summed E-state index contributed by atoms with van der Waals surface area (Å²) in [5.74, 6) is -1.42. The summed E-state index contributed by atoms with van der Waals surface area (Å²) in [7, 11) is 0. The molecule has 1 saturated heterocycles. The maximum atomic E-state index is 13.5. The molecular formula is C15H18BrF2NO2. The number of piperidine rings is 1. The fraction of sp³-hybridized carbons (Fsp3) is 0.533. The van der Waals surface area contributed by atoms with Gasteiger partial charge in [-0.2, -0.15) is 0 Å². The molecule has 6 heteroatoms. The summed E-state index contributed by atoms with van der Waals surface area (Å²) in [6, 6.07) is 3.31. The van der Waals surface area contributed by atoms with Gasteiger partial charge in [0.15, 0.2) is 0 Å². The molecule has 0 bridgehead atoms. The molecule has 1 aliphatic heterocycles. The van der Waals surface area contributed by atoms with Gasteiger partial charge in [0, 0.05) is 24.5 Å². The molecule has 3 nitrogen and oxygen atoms in total. The van der Waals surface area contributed by atoms with Crippen LogP contribution in [0.3, 0.4) is 0 Å². The number of benzene rings is 1. The number of hydrogen-bond donors (Lipinski definition) is 0. The highest BCUT2D eigenvalue weighted by atomic mass is 79.9. The molecular weight excluding hydrogens is 344 g/mol. The third-order valence-corrected chi connectivity index (χ3v) is 3.91. The second kappa shape index (κ2) is 7.84. The van der Waals surface area contributed by atoms with Crippen molar-refractivity contribution in [1.82, 2.24) is 4.90 Å². The Morgan fingerprint density at radius 3 is 2.67 bits per heavy atom. The Bertz CT molecular complexity index is 491. The van der Waals surface area contributed by atoms with Gasteiger partial charge in [0.05, 0.1) is 19.1 Å². The van der Waals surface area contributed by atoms with Crippen LogP contribution in [0.25, 0.3) is 0 Å². The van der Waals surface area contributed by atoms with Crippen molar-refractivity contribution in [3.8, 4) is 0 Å². The first-order chi connectivity index (χ1) is 10.1. The van der Waals surface area contributed by atoms with Crippen LogP contribution in [-0.4, -0.2) is 41.9 Å². The Balaban J connectivity index is 1.84. The Kier molecular flexibility index (Phi) is 6.11. The molecule has 116 valence electrons. The Hall–Kier alpha value is -1.01. The molecule has 0 N–H and O–H groups in total. The van der Waals surface area contributed by atoms with Crippen LogP contribution >= 0.6 is 15.9 Å². The van der Waals surface area contributed by atoms with Crippen molar-refractivity contribution >= 4 is 21.8 Å². The predicted molar refractivity (Wildman–Crippen MR) is 79.4 cm³/mol. The van der Waals surface area contributed by atoms with E-state index in [1.54, 1.807) is 4.90 Å². The van der Waals surface area contributed by atoms with Crippen LogP contribution in [0.15, 0.2) is 18.2 Å². The summed E-state index contributed by atoms with van der Waals surface area (Å²) >= 11 is 3.31. The van der Waals surface area contributed by atoms with E-state index in [9.17, 15) is 13.6 Å². The van der Waals surface area contributed by atoms with Gasteiger partial charge in [0.2, 0.25) is 5.91 Å². The molecule has 0 saturated carbocycles. The van der Waals surface area contributed by atoms with Crippen LogP contribution in [-0.2, 0) is 16.0 Å². The third-order valence-electron chi connectivity index (χ3n) is 3.58. The van der Waals surface area contributed by atoms with E-state index < -0.39 is 11.6 Å². The first-order valence-corrected chi connectivity index (χ1v) is 8.11. The van der Waals surface area contributed by atoms with E-state index in [1.807, 2.05) is 0 Å². The molecule has 0 atom stereocenters. The molecule has 0 spiro atoms. The lowest BCUT2D eigenvalue weighted by Crippen LogP contribution is -2.41. The van der Waals surface area contributed by atoms with Gasteiger partial charge >= 0.3 is 0 Å². The summed E-state index contributed by atoms with van der Waals surface area (Å²) in [4.78, 5) is 13.9. The van der Waals surface area contributed by atoms with Gasteiger partial charge in [-0.05, 0) is 24.5 Å². The van der Waals surface area contributed by atoms with E-state index >= 15 is 0 Å². The zero-order chi connectivity index (χ0) is 15.2. The van der Waals surface area contributed by atoms with Gasteiger partial charge in [-0.3, -0.25) is 4.79 Å². The normalized spacial score (nSPS) is 16.2. The molecule has 1 aromatic carbocycles. The second-order valence-corrected chi connectivity index (χ2v) is 5.85. The number of amides is 1. The van der Waals surface area contributed by atoms with Gasteiger partial charge in [-0.1, -0.05) is 22.0 Å². The maximum Gasteiger partial charge on any atom is 0.227 e. The van der Waals surface area contributed by atoms with Gasteiger partial charge in [0.25, 0.3) is 0 Å². The lowest BCUT2D eigenvalue weighted by molar-refractivity contribution is -0.133. The van der Waals surface area contributed by atoms with E-state index in [1.165, 1.54) is 12.1 Å². The van der Waals surface area contributed by atoms with Crippen LogP contribution in [0.1, 0.15) is 18.4 Å². The lowest BCUT2D eigenvalue weighted by atomic mass is 10.1. The highest BCUT2D eigenvalue weighted by Crippen LogP contribution is 2.16. The number of halogens is 3. The van der Waals surface area contributed by atoms with Crippen molar-refractivity contribution in [2.75, 3.05) is 25.0 Å². The largest absolute Gasteiger partial charge is 0.377 e. The van der Waals surface area contributed by atoms with Crippen molar-refractivity contribution in [2.45, 2.75) is 25.4 Å². The molecule has 1 amide bonds. The van der Waals surface area contributed by atoms with Crippen molar-refractivity contribution in [3.63, 3.8) is 0 Å². The predicted octanol–water partition coefficient (Wildman–Crippen LogP) is 2.91. The highest BCUT2D eigenvalue weighted by molar-refractivity contribution is 9.09. The highest BCUT2D eigenvalue weighted by Gasteiger charge is 2.23. The minimum Gasteiger partial charge on any atom is -0.377 e. The smallest absolute Gasteiger partial charge is 0.227 e. The number of hydrogen-bond acceptors (Lipinski definition) is 2. The van der Waals surface area contributed by atoms with Crippen LogP contribution in [0, 0.1) is 11.6 Å². The van der Waals surface area contributed by atoms with Crippen molar-refractivity contribution in [3.05, 3.63) is 35.4 Å². The second-order valence-electron chi connectivity index (χ2n) is 5.05.